The first-order valence-corrected chi connectivity index (χ1v) is 11.1. The molecule has 2 aromatic heterocycles. The van der Waals surface area contributed by atoms with E-state index in [2.05, 4.69) is 57.5 Å². The van der Waals surface area contributed by atoms with Crippen molar-refractivity contribution >= 4 is 11.6 Å². The number of rotatable bonds is 1. The molecule has 1 atom stereocenters. The van der Waals surface area contributed by atoms with Gasteiger partial charge in [-0.1, -0.05) is 12.1 Å². The predicted molar refractivity (Wildman–Crippen MR) is 120 cm³/mol. The predicted octanol–water partition coefficient (Wildman–Crippen LogP) is 4.14. The Labute approximate surface area is 182 Å². The third kappa shape index (κ3) is 2.78. The van der Waals surface area contributed by atoms with Crippen molar-refractivity contribution in [1.82, 2.24) is 14.5 Å². The summed E-state index contributed by atoms with van der Waals surface area (Å²) in [5.41, 5.74) is 5.96. The maximum atomic E-state index is 13.0. The number of aromatic nitrogens is 2. The lowest BCUT2D eigenvalue weighted by Gasteiger charge is -2.41. The number of nitrogens with one attached hydrogen (secondary N) is 2. The van der Waals surface area contributed by atoms with Crippen LogP contribution in [0.2, 0.25) is 0 Å². The van der Waals surface area contributed by atoms with Crippen LogP contribution in [0.1, 0.15) is 46.7 Å². The fourth-order valence-corrected chi connectivity index (χ4v) is 5.82. The first-order valence-electron chi connectivity index (χ1n) is 11.1. The lowest BCUT2D eigenvalue weighted by atomic mass is 9.79. The summed E-state index contributed by atoms with van der Waals surface area (Å²) in [5, 5.41) is 3.83. The van der Waals surface area contributed by atoms with Crippen molar-refractivity contribution in [3.05, 3.63) is 71.3 Å². The molecule has 2 fully saturated rings. The summed E-state index contributed by atoms with van der Waals surface area (Å²) < 4.78 is 8.85. The third-order valence-corrected chi connectivity index (χ3v) is 7.37. The first kappa shape index (κ1) is 18.8. The number of fused-ring (bicyclic) bond motifs is 4. The van der Waals surface area contributed by atoms with Crippen LogP contribution in [0.4, 0.5) is 5.69 Å². The van der Waals surface area contributed by atoms with Crippen LogP contribution in [0.25, 0.3) is 5.69 Å². The van der Waals surface area contributed by atoms with Crippen LogP contribution in [0.3, 0.4) is 0 Å². The molecular formula is C25H28N4O2. The molecule has 6 rings (SSSR count). The Morgan fingerprint density at radius 2 is 1.90 bits per heavy atom. The van der Waals surface area contributed by atoms with Crippen molar-refractivity contribution < 1.29 is 9.53 Å². The van der Waals surface area contributed by atoms with Gasteiger partial charge in [0.25, 0.3) is 5.91 Å². The zero-order chi connectivity index (χ0) is 21.2. The van der Waals surface area contributed by atoms with Crippen LogP contribution in [0.15, 0.2) is 48.7 Å². The summed E-state index contributed by atoms with van der Waals surface area (Å²) in [4.78, 5) is 18.3. The molecule has 3 aliphatic heterocycles. The van der Waals surface area contributed by atoms with Crippen LogP contribution in [-0.4, -0.2) is 45.7 Å². The van der Waals surface area contributed by atoms with Crippen molar-refractivity contribution in [2.75, 3.05) is 25.0 Å². The molecule has 2 spiro atoms. The van der Waals surface area contributed by atoms with Crippen molar-refractivity contribution in [3.63, 3.8) is 0 Å². The Bertz CT molecular complexity index is 1170. The SMILES string of the molecule is Cc1cc(C(=O)N2CCC3(CC2)CC2(CO3)Nc3ccccc3-n3cccc32)c(C)[nH]1. The van der Waals surface area contributed by atoms with Crippen LogP contribution >= 0.6 is 0 Å². The number of likely N-dealkylation sites (tertiary alicyclic amines) is 1. The largest absolute Gasteiger partial charge is 0.372 e. The zero-order valence-electron chi connectivity index (χ0n) is 18.1. The molecule has 0 aliphatic carbocycles. The molecule has 0 saturated carbocycles. The zero-order valence-corrected chi connectivity index (χ0v) is 18.1. The van der Waals surface area contributed by atoms with E-state index in [4.69, 9.17) is 4.74 Å². The van der Waals surface area contributed by atoms with Gasteiger partial charge in [0.2, 0.25) is 0 Å². The summed E-state index contributed by atoms with van der Waals surface area (Å²) >= 11 is 0. The van der Waals surface area contributed by atoms with Crippen LogP contribution < -0.4 is 5.32 Å². The van der Waals surface area contributed by atoms with Crippen molar-refractivity contribution in [2.45, 2.75) is 44.2 Å². The number of aromatic amines is 1. The molecule has 0 bridgehead atoms. The number of hydrogen-bond donors (Lipinski definition) is 2. The molecule has 1 aromatic carbocycles. The number of benzene rings is 1. The van der Waals surface area contributed by atoms with Crippen molar-refractivity contribution in [3.8, 4) is 5.69 Å². The van der Waals surface area contributed by atoms with Gasteiger partial charge in [0.05, 0.1) is 34.8 Å². The quantitative estimate of drug-likeness (QED) is 0.627. The maximum absolute atomic E-state index is 13.0. The van der Waals surface area contributed by atoms with E-state index in [0.29, 0.717) is 6.61 Å². The van der Waals surface area contributed by atoms with Crippen LogP contribution in [-0.2, 0) is 10.3 Å². The Morgan fingerprint density at radius 1 is 1.10 bits per heavy atom. The summed E-state index contributed by atoms with van der Waals surface area (Å²) in [6.07, 6.45) is 4.80. The molecular weight excluding hydrogens is 388 g/mol. The number of aryl methyl sites for hydroxylation is 2. The smallest absolute Gasteiger partial charge is 0.255 e. The van der Waals surface area contributed by atoms with E-state index in [0.717, 1.165) is 55.0 Å². The Morgan fingerprint density at radius 3 is 2.68 bits per heavy atom. The Hall–Kier alpha value is -2.99. The number of para-hydroxylation sites is 2. The average molecular weight is 417 g/mol. The van der Waals surface area contributed by atoms with Gasteiger partial charge in [-0.05, 0) is 57.0 Å². The number of H-pyrrole nitrogens is 1. The minimum Gasteiger partial charge on any atom is -0.372 e. The highest BCUT2D eigenvalue weighted by Crippen LogP contribution is 2.50. The molecule has 1 unspecified atom stereocenters. The number of hydrogen-bond acceptors (Lipinski definition) is 3. The number of piperidine rings is 1. The Kier molecular flexibility index (Phi) is 3.93. The van der Waals surface area contributed by atoms with E-state index in [-0.39, 0.29) is 17.0 Å². The summed E-state index contributed by atoms with van der Waals surface area (Å²) in [7, 11) is 0. The van der Waals surface area contributed by atoms with Gasteiger partial charge in [-0.3, -0.25) is 4.79 Å². The second kappa shape index (κ2) is 6.50. The molecule has 160 valence electrons. The number of ether oxygens (including phenoxy) is 1. The van der Waals surface area contributed by atoms with Gasteiger partial charge in [-0.25, -0.2) is 0 Å². The topological polar surface area (TPSA) is 62.3 Å². The number of amides is 1. The van der Waals surface area contributed by atoms with E-state index in [9.17, 15) is 4.79 Å². The maximum Gasteiger partial charge on any atom is 0.255 e. The number of carbonyl (C=O) groups is 1. The number of nitrogens with zero attached hydrogens (tertiary/aromatic N) is 2. The highest BCUT2D eigenvalue weighted by atomic mass is 16.5. The molecule has 3 aromatic rings. The minimum absolute atomic E-state index is 0.128. The second-order valence-corrected chi connectivity index (χ2v) is 9.42. The molecule has 2 N–H and O–H groups in total. The normalized spacial score (nSPS) is 23.6. The molecule has 0 radical (unpaired) electrons. The number of anilines is 1. The molecule has 5 heterocycles. The van der Waals surface area contributed by atoms with Gasteiger partial charge in [-0.15, -0.1) is 0 Å². The van der Waals surface area contributed by atoms with E-state index in [1.807, 2.05) is 24.8 Å². The van der Waals surface area contributed by atoms with Gasteiger partial charge in [-0.2, -0.15) is 0 Å². The first-order chi connectivity index (χ1) is 15.0. The summed E-state index contributed by atoms with van der Waals surface area (Å²) in [6.45, 7) is 6.07. The summed E-state index contributed by atoms with van der Waals surface area (Å²) in [5.74, 6) is 0.128. The minimum atomic E-state index is -0.224. The van der Waals surface area contributed by atoms with Gasteiger partial charge < -0.3 is 24.5 Å². The molecule has 3 aliphatic rings. The third-order valence-electron chi connectivity index (χ3n) is 7.37. The van der Waals surface area contributed by atoms with E-state index >= 15 is 0 Å². The van der Waals surface area contributed by atoms with E-state index in [1.54, 1.807) is 0 Å². The standard InChI is InChI=1S/C25H28N4O2/c1-17-14-19(18(2)26-17)23(30)28-12-9-24(10-13-28)15-25(16-31-24)22-8-5-11-29(22)21-7-4-3-6-20(21)27-25/h3-8,11,14,26-27H,9-10,12-13,15-16H2,1-2H3. The molecule has 6 nitrogen and oxygen atoms in total. The van der Waals surface area contributed by atoms with E-state index in [1.165, 1.54) is 11.4 Å². The average Bonchev–Trinajstić information content (AvgIpc) is 3.47. The Balaban J connectivity index is 1.23. The van der Waals surface area contributed by atoms with Gasteiger partial charge >= 0.3 is 0 Å². The second-order valence-electron chi connectivity index (χ2n) is 9.42. The molecule has 6 heteroatoms. The lowest BCUT2D eigenvalue weighted by molar-refractivity contribution is -0.0392. The fourth-order valence-electron chi connectivity index (χ4n) is 5.82. The van der Waals surface area contributed by atoms with Gasteiger partial charge in [0.1, 0.15) is 5.54 Å². The highest BCUT2D eigenvalue weighted by Gasteiger charge is 2.54. The summed E-state index contributed by atoms with van der Waals surface area (Å²) in [6, 6.07) is 14.7. The highest BCUT2D eigenvalue weighted by molar-refractivity contribution is 5.95. The van der Waals surface area contributed by atoms with Crippen molar-refractivity contribution in [1.29, 1.82) is 0 Å². The van der Waals surface area contributed by atoms with E-state index < -0.39 is 0 Å². The van der Waals surface area contributed by atoms with Gasteiger partial charge in [0.15, 0.2) is 0 Å². The fraction of sp³-hybridized carbons (Fsp3) is 0.400. The van der Waals surface area contributed by atoms with Gasteiger partial charge in [0, 0.05) is 37.1 Å². The monoisotopic (exact) mass is 416 g/mol. The van der Waals surface area contributed by atoms with Crippen molar-refractivity contribution in [2.24, 2.45) is 0 Å². The molecule has 1 amide bonds. The molecule has 31 heavy (non-hydrogen) atoms. The van der Waals surface area contributed by atoms with Crippen LogP contribution in [0, 0.1) is 13.8 Å². The van der Waals surface area contributed by atoms with Crippen LogP contribution in [0.5, 0.6) is 0 Å². The number of carbonyl (C=O) groups excluding carboxylic acids is 1. The molecule has 2 saturated heterocycles. The lowest BCUT2D eigenvalue weighted by Crippen LogP contribution is -2.48.